The molecular weight excluding hydrogens is 314 g/mol. The number of aryl methyl sites for hydroxylation is 1. The standard InChI is InChI=1S/C12H10BrN3O3/c1-16-6-8(5-14-16)11(17)15-10-3-2-7(12(18)19)4-9(10)13/h2-6H,1H3,(H,15,17)(H,18,19). The van der Waals surface area contributed by atoms with Gasteiger partial charge in [0.15, 0.2) is 0 Å². The quantitative estimate of drug-likeness (QED) is 0.906. The Morgan fingerprint density at radius 1 is 1.37 bits per heavy atom. The van der Waals surface area contributed by atoms with Crippen LogP contribution in [0.4, 0.5) is 5.69 Å². The summed E-state index contributed by atoms with van der Waals surface area (Å²) in [6, 6.07) is 4.38. The molecule has 1 heterocycles. The van der Waals surface area contributed by atoms with Crippen molar-refractivity contribution in [2.45, 2.75) is 0 Å². The zero-order chi connectivity index (χ0) is 14.0. The van der Waals surface area contributed by atoms with Crippen molar-refractivity contribution < 1.29 is 14.7 Å². The number of nitrogens with one attached hydrogen (secondary N) is 1. The number of anilines is 1. The lowest BCUT2D eigenvalue weighted by atomic mass is 10.2. The minimum Gasteiger partial charge on any atom is -0.478 e. The Balaban J connectivity index is 2.20. The molecule has 0 fully saturated rings. The van der Waals surface area contributed by atoms with Gasteiger partial charge in [0.05, 0.1) is 23.0 Å². The van der Waals surface area contributed by atoms with Gasteiger partial charge in [-0.25, -0.2) is 4.79 Å². The van der Waals surface area contributed by atoms with E-state index < -0.39 is 5.97 Å². The number of carbonyl (C=O) groups is 2. The van der Waals surface area contributed by atoms with Crippen LogP contribution in [-0.4, -0.2) is 26.8 Å². The van der Waals surface area contributed by atoms with Crippen molar-refractivity contribution in [1.82, 2.24) is 9.78 Å². The molecule has 6 nitrogen and oxygen atoms in total. The normalized spacial score (nSPS) is 10.2. The summed E-state index contributed by atoms with van der Waals surface area (Å²) < 4.78 is 2.03. The molecule has 0 aliphatic carbocycles. The molecule has 0 aliphatic heterocycles. The third-order valence-electron chi connectivity index (χ3n) is 2.43. The molecule has 7 heteroatoms. The molecule has 2 N–H and O–H groups in total. The number of carboxylic acids is 1. The maximum Gasteiger partial charge on any atom is 0.335 e. The number of carbonyl (C=O) groups excluding carboxylic acids is 1. The van der Waals surface area contributed by atoms with Gasteiger partial charge in [-0.05, 0) is 34.1 Å². The van der Waals surface area contributed by atoms with Crippen LogP contribution in [0.15, 0.2) is 35.1 Å². The van der Waals surface area contributed by atoms with Gasteiger partial charge in [-0.2, -0.15) is 5.10 Å². The van der Waals surface area contributed by atoms with E-state index in [1.54, 1.807) is 13.2 Å². The Hall–Kier alpha value is -2.15. The number of hydrogen-bond acceptors (Lipinski definition) is 3. The van der Waals surface area contributed by atoms with Crippen LogP contribution in [0.3, 0.4) is 0 Å². The van der Waals surface area contributed by atoms with Gasteiger partial charge in [0, 0.05) is 17.7 Å². The van der Waals surface area contributed by atoms with Gasteiger partial charge in [0.25, 0.3) is 5.91 Å². The number of aromatic nitrogens is 2. The van der Waals surface area contributed by atoms with Crippen molar-refractivity contribution in [2.75, 3.05) is 5.32 Å². The van der Waals surface area contributed by atoms with Crippen molar-refractivity contribution in [3.05, 3.63) is 46.2 Å². The fourth-order valence-electron chi connectivity index (χ4n) is 1.48. The predicted octanol–water partition coefficient (Wildman–Crippen LogP) is 2.13. The molecule has 2 rings (SSSR count). The van der Waals surface area contributed by atoms with Crippen LogP contribution in [0.25, 0.3) is 0 Å². The number of aromatic carboxylic acids is 1. The zero-order valence-corrected chi connectivity index (χ0v) is 11.5. The van der Waals surface area contributed by atoms with Gasteiger partial charge in [0.1, 0.15) is 0 Å². The van der Waals surface area contributed by atoms with Gasteiger partial charge < -0.3 is 10.4 Å². The molecule has 0 aliphatic rings. The number of benzene rings is 1. The fourth-order valence-corrected chi connectivity index (χ4v) is 1.96. The largest absolute Gasteiger partial charge is 0.478 e. The molecule has 0 bridgehead atoms. The average molecular weight is 324 g/mol. The summed E-state index contributed by atoms with van der Waals surface area (Å²) in [7, 11) is 1.72. The highest BCUT2D eigenvalue weighted by atomic mass is 79.9. The van der Waals surface area contributed by atoms with Crippen molar-refractivity contribution in [1.29, 1.82) is 0 Å². The van der Waals surface area contributed by atoms with Gasteiger partial charge in [-0.15, -0.1) is 0 Å². The van der Waals surface area contributed by atoms with Crippen molar-refractivity contribution in [3.8, 4) is 0 Å². The summed E-state index contributed by atoms with van der Waals surface area (Å²) in [5.41, 5.74) is 1.07. The molecule has 1 amide bonds. The van der Waals surface area contributed by atoms with E-state index in [0.717, 1.165) is 0 Å². The van der Waals surface area contributed by atoms with Crippen molar-refractivity contribution >= 4 is 33.5 Å². The summed E-state index contributed by atoms with van der Waals surface area (Å²) in [6.07, 6.45) is 3.05. The first-order valence-corrected chi connectivity index (χ1v) is 6.09. The van der Waals surface area contributed by atoms with E-state index in [4.69, 9.17) is 5.11 Å². The van der Waals surface area contributed by atoms with E-state index in [-0.39, 0.29) is 11.5 Å². The van der Waals surface area contributed by atoms with Gasteiger partial charge >= 0.3 is 5.97 Å². The summed E-state index contributed by atoms with van der Waals surface area (Å²) in [4.78, 5) is 22.7. The molecular formula is C12H10BrN3O3. The van der Waals surface area contributed by atoms with Crippen LogP contribution >= 0.6 is 15.9 Å². The number of carboxylic acid groups (broad SMARTS) is 1. The Labute approximate surface area is 117 Å². The van der Waals surface area contributed by atoms with Gasteiger partial charge in [-0.1, -0.05) is 0 Å². The lowest BCUT2D eigenvalue weighted by molar-refractivity contribution is 0.0696. The fraction of sp³-hybridized carbons (Fsp3) is 0.0833. The third kappa shape index (κ3) is 3.00. The summed E-state index contributed by atoms with van der Waals surface area (Å²) in [6.45, 7) is 0. The Kier molecular flexibility index (Phi) is 3.66. The molecule has 2 aromatic rings. The third-order valence-corrected chi connectivity index (χ3v) is 3.09. The van der Waals surface area contributed by atoms with Gasteiger partial charge in [-0.3, -0.25) is 9.48 Å². The Morgan fingerprint density at radius 2 is 2.11 bits per heavy atom. The molecule has 0 saturated heterocycles. The van der Waals surface area contributed by atoms with E-state index in [9.17, 15) is 9.59 Å². The molecule has 19 heavy (non-hydrogen) atoms. The average Bonchev–Trinajstić information content (AvgIpc) is 2.78. The minimum atomic E-state index is -1.02. The minimum absolute atomic E-state index is 0.145. The second-order valence-electron chi connectivity index (χ2n) is 3.86. The Morgan fingerprint density at radius 3 is 2.63 bits per heavy atom. The zero-order valence-electron chi connectivity index (χ0n) is 9.92. The van der Waals surface area contributed by atoms with E-state index in [2.05, 4.69) is 26.3 Å². The molecule has 0 atom stereocenters. The van der Waals surface area contributed by atoms with E-state index >= 15 is 0 Å². The van der Waals surface area contributed by atoms with Crippen LogP contribution in [-0.2, 0) is 7.05 Å². The number of nitrogens with zero attached hydrogens (tertiary/aromatic N) is 2. The molecule has 0 spiro atoms. The lowest BCUT2D eigenvalue weighted by Crippen LogP contribution is -2.12. The van der Waals surface area contributed by atoms with E-state index in [0.29, 0.717) is 15.7 Å². The maximum absolute atomic E-state index is 11.9. The van der Waals surface area contributed by atoms with Crippen LogP contribution < -0.4 is 5.32 Å². The monoisotopic (exact) mass is 323 g/mol. The van der Waals surface area contributed by atoms with Crippen molar-refractivity contribution in [2.24, 2.45) is 7.05 Å². The predicted molar refractivity (Wildman–Crippen MR) is 72.3 cm³/mol. The van der Waals surface area contributed by atoms with Crippen LogP contribution in [0, 0.1) is 0 Å². The summed E-state index contributed by atoms with van der Waals surface area (Å²) in [5.74, 6) is -1.33. The van der Waals surface area contributed by atoms with Crippen LogP contribution in [0.1, 0.15) is 20.7 Å². The molecule has 0 saturated carbocycles. The molecule has 0 radical (unpaired) electrons. The van der Waals surface area contributed by atoms with E-state index in [1.165, 1.54) is 29.1 Å². The smallest absolute Gasteiger partial charge is 0.335 e. The first-order valence-electron chi connectivity index (χ1n) is 5.30. The highest BCUT2D eigenvalue weighted by Gasteiger charge is 2.11. The second kappa shape index (κ2) is 5.23. The van der Waals surface area contributed by atoms with Crippen LogP contribution in [0.5, 0.6) is 0 Å². The van der Waals surface area contributed by atoms with Crippen molar-refractivity contribution in [3.63, 3.8) is 0 Å². The first kappa shape index (κ1) is 13.3. The first-order chi connectivity index (χ1) is 8.97. The highest BCUT2D eigenvalue weighted by molar-refractivity contribution is 9.10. The van der Waals surface area contributed by atoms with Gasteiger partial charge in [0.2, 0.25) is 0 Å². The SMILES string of the molecule is Cn1cc(C(=O)Nc2ccc(C(=O)O)cc2Br)cn1. The lowest BCUT2D eigenvalue weighted by Gasteiger charge is -2.06. The second-order valence-corrected chi connectivity index (χ2v) is 4.71. The summed E-state index contributed by atoms with van der Waals surface area (Å²) >= 11 is 3.22. The molecule has 98 valence electrons. The molecule has 1 aromatic heterocycles. The summed E-state index contributed by atoms with van der Waals surface area (Å²) in [5, 5.41) is 15.4. The highest BCUT2D eigenvalue weighted by Crippen LogP contribution is 2.24. The molecule has 1 aromatic carbocycles. The molecule has 0 unspecified atom stereocenters. The number of hydrogen-bond donors (Lipinski definition) is 2. The Bertz CT molecular complexity index is 651. The number of halogens is 1. The van der Waals surface area contributed by atoms with Crippen LogP contribution in [0.2, 0.25) is 0 Å². The maximum atomic E-state index is 11.9. The number of amides is 1. The van der Waals surface area contributed by atoms with E-state index in [1.807, 2.05) is 0 Å². The number of rotatable bonds is 3. The topological polar surface area (TPSA) is 84.2 Å².